The molecule has 1 aliphatic rings. The molecule has 0 amide bonds. The highest BCUT2D eigenvalue weighted by Gasteiger charge is 2.23. The zero-order valence-electron chi connectivity index (χ0n) is 21.7. The van der Waals surface area contributed by atoms with Gasteiger partial charge in [-0.1, -0.05) is 48.0 Å². The summed E-state index contributed by atoms with van der Waals surface area (Å²) in [5.74, 6) is 0.613. The molecule has 5 rings (SSSR count). The van der Waals surface area contributed by atoms with E-state index >= 15 is 0 Å². The van der Waals surface area contributed by atoms with Gasteiger partial charge in [-0.15, -0.1) is 11.3 Å². The molecule has 1 unspecified atom stereocenters. The molecule has 2 aromatic heterocycles. The maximum atomic E-state index is 6.09. The van der Waals surface area contributed by atoms with E-state index in [2.05, 4.69) is 78.4 Å². The number of benzene rings is 2. The number of fused-ring (bicyclic) bond motifs is 1. The molecule has 0 spiro atoms. The Labute approximate surface area is 222 Å². The van der Waals surface area contributed by atoms with Gasteiger partial charge in [0.1, 0.15) is 0 Å². The largest absolute Gasteiger partial charge is 0.374 e. The first kappa shape index (κ1) is 25.1. The van der Waals surface area contributed by atoms with Crippen LogP contribution in [0.3, 0.4) is 0 Å². The molecule has 1 fully saturated rings. The van der Waals surface area contributed by atoms with E-state index in [1.807, 2.05) is 25.4 Å². The molecule has 2 aromatic carbocycles. The van der Waals surface area contributed by atoms with Crippen molar-refractivity contribution < 1.29 is 4.74 Å². The molecule has 0 bridgehead atoms. The number of hydrazone groups is 1. The molecule has 1 saturated heterocycles. The highest BCUT2D eigenvalue weighted by Crippen LogP contribution is 2.43. The summed E-state index contributed by atoms with van der Waals surface area (Å²) in [6.07, 6.45) is 8.08. The topological polar surface area (TPSA) is 62.6 Å². The first-order valence-electron chi connectivity index (χ1n) is 12.8. The Kier molecular flexibility index (Phi) is 7.63. The van der Waals surface area contributed by atoms with Gasteiger partial charge >= 0.3 is 0 Å². The predicted octanol–water partition coefficient (Wildman–Crippen LogP) is 7.36. The number of rotatable bonds is 9. The Hall–Kier alpha value is -3.55. The van der Waals surface area contributed by atoms with Crippen LogP contribution in [0.25, 0.3) is 31.8 Å². The molecule has 37 heavy (non-hydrogen) atoms. The molecule has 1 aliphatic heterocycles. The molecule has 1 N–H and O–H groups in total. The first-order chi connectivity index (χ1) is 18.1. The number of thiophene rings is 1. The second kappa shape index (κ2) is 11.2. The monoisotopic (exact) mass is 511 g/mol. The Bertz CT molecular complexity index is 1440. The van der Waals surface area contributed by atoms with Crippen molar-refractivity contribution >= 4 is 34.1 Å². The van der Waals surface area contributed by atoms with Gasteiger partial charge < -0.3 is 10.1 Å². The van der Waals surface area contributed by atoms with Crippen LogP contribution in [0.1, 0.15) is 42.6 Å². The summed E-state index contributed by atoms with van der Waals surface area (Å²) in [7, 11) is 0. The van der Waals surface area contributed by atoms with Gasteiger partial charge in [0.05, 0.1) is 23.2 Å². The number of aryl methyl sites for hydroxylation is 2. The second-order valence-corrected chi connectivity index (χ2v) is 10.4. The van der Waals surface area contributed by atoms with Crippen LogP contribution in [0.15, 0.2) is 66.0 Å². The van der Waals surface area contributed by atoms with Gasteiger partial charge in [0.25, 0.3) is 0 Å². The number of allylic oxidation sites excluding steroid dienone is 1. The fraction of sp³-hybridized carbons (Fsp3) is 0.300. The Morgan fingerprint density at radius 1 is 1.22 bits per heavy atom. The van der Waals surface area contributed by atoms with Gasteiger partial charge in [-0.05, 0) is 67.3 Å². The van der Waals surface area contributed by atoms with E-state index < -0.39 is 0 Å². The van der Waals surface area contributed by atoms with Crippen molar-refractivity contribution in [1.29, 1.82) is 0 Å². The first-order valence-corrected chi connectivity index (χ1v) is 13.6. The van der Waals surface area contributed by atoms with Crippen LogP contribution in [0.2, 0.25) is 0 Å². The highest BCUT2D eigenvalue weighted by atomic mass is 32.1. The van der Waals surface area contributed by atoms with E-state index in [4.69, 9.17) is 9.72 Å². The van der Waals surface area contributed by atoms with Gasteiger partial charge in [0, 0.05) is 37.0 Å². The Morgan fingerprint density at radius 3 is 2.89 bits per heavy atom. The fourth-order valence-electron chi connectivity index (χ4n) is 4.82. The van der Waals surface area contributed by atoms with E-state index in [-0.39, 0.29) is 6.10 Å². The van der Waals surface area contributed by atoms with Gasteiger partial charge in [0.2, 0.25) is 5.95 Å². The van der Waals surface area contributed by atoms with Gasteiger partial charge in [-0.2, -0.15) is 5.10 Å². The number of anilines is 1. The molecule has 1 atom stereocenters. The SMILES string of the molecule is C=NN(/C=C\C)CCNc1ncc(C)c(-c2cc3cccc(-c4cc(C)ccc4C4CCCO4)c3s2)n1. The molecule has 4 aromatic rings. The van der Waals surface area contributed by atoms with Crippen LogP contribution in [-0.2, 0) is 4.74 Å². The molecule has 7 heteroatoms. The number of nitrogens with zero attached hydrogens (tertiary/aromatic N) is 4. The van der Waals surface area contributed by atoms with E-state index in [1.165, 1.54) is 32.3 Å². The number of nitrogens with one attached hydrogen (secondary N) is 1. The van der Waals surface area contributed by atoms with Crippen LogP contribution in [0.4, 0.5) is 5.95 Å². The van der Waals surface area contributed by atoms with Gasteiger partial charge in [-0.3, -0.25) is 5.01 Å². The van der Waals surface area contributed by atoms with Crippen LogP contribution in [0, 0.1) is 13.8 Å². The summed E-state index contributed by atoms with van der Waals surface area (Å²) in [5, 5.41) is 10.3. The molecule has 3 heterocycles. The average molecular weight is 512 g/mol. The zero-order chi connectivity index (χ0) is 25.8. The second-order valence-electron chi connectivity index (χ2n) is 9.37. The summed E-state index contributed by atoms with van der Waals surface area (Å²) >= 11 is 1.79. The zero-order valence-corrected chi connectivity index (χ0v) is 22.5. The van der Waals surface area contributed by atoms with Crippen LogP contribution < -0.4 is 5.32 Å². The van der Waals surface area contributed by atoms with E-state index in [9.17, 15) is 0 Å². The Balaban J connectivity index is 1.48. The molecule has 6 nitrogen and oxygen atoms in total. The van der Waals surface area contributed by atoms with Crippen molar-refractivity contribution in [3.63, 3.8) is 0 Å². The lowest BCUT2D eigenvalue weighted by Gasteiger charge is -2.17. The van der Waals surface area contributed by atoms with Crippen LogP contribution in [0.5, 0.6) is 0 Å². The predicted molar refractivity (Wildman–Crippen MR) is 155 cm³/mol. The van der Waals surface area contributed by atoms with Crippen LogP contribution in [-0.4, -0.2) is 41.4 Å². The van der Waals surface area contributed by atoms with Gasteiger partial charge in [-0.25, -0.2) is 9.97 Å². The minimum atomic E-state index is 0.170. The molecule has 0 radical (unpaired) electrons. The van der Waals surface area contributed by atoms with Crippen molar-refractivity contribution in [2.75, 3.05) is 25.0 Å². The van der Waals surface area contributed by atoms with Gasteiger partial charge in [0.15, 0.2) is 0 Å². The van der Waals surface area contributed by atoms with Crippen molar-refractivity contribution in [3.05, 3.63) is 77.6 Å². The van der Waals surface area contributed by atoms with Crippen LogP contribution >= 0.6 is 11.3 Å². The van der Waals surface area contributed by atoms with Crippen molar-refractivity contribution in [2.24, 2.45) is 5.10 Å². The lowest BCUT2D eigenvalue weighted by Crippen LogP contribution is -2.20. The standard InChI is InChI=1S/C30H33N5OS/c1-5-14-35(31-4)15-13-32-30-33-19-21(3)28(34-30)27-18-22-8-6-9-24(29(22)37-27)25-17-20(2)11-12-23(25)26-10-7-16-36-26/h5-6,8-9,11-12,14,17-19,26H,4,7,10,13,15-16H2,1-3H3,(H,32,33,34)/b14-5-. The fourth-order valence-corrected chi connectivity index (χ4v) is 6.06. The minimum absolute atomic E-state index is 0.170. The molecular formula is C30H33N5OS. The molecule has 190 valence electrons. The third-order valence-electron chi connectivity index (χ3n) is 6.65. The Morgan fingerprint density at radius 2 is 2.11 bits per heavy atom. The third kappa shape index (κ3) is 5.43. The van der Waals surface area contributed by atoms with Crippen molar-refractivity contribution in [3.8, 4) is 21.7 Å². The maximum absolute atomic E-state index is 6.09. The summed E-state index contributed by atoms with van der Waals surface area (Å²) in [6.45, 7) is 12.0. The summed E-state index contributed by atoms with van der Waals surface area (Å²) < 4.78 is 7.36. The molecule has 0 aliphatic carbocycles. The number of hydrogen-bond acceptors (Lipinski definition) is 7. The number of aromatic nitrogens is 2. The maximum Gasteiger partial charge on any atom is 0.223 e. The average Bonchev–Trinajstić information content (AvgIpc) is 3.59. The smallest absolute Gasteiger partial charge is 0.223 e. The van der Waals surface area contributed by atoms with Crippen molar-refractivity contribution in [2.45, 2.75) is 39.7 Å². The highest BCUT2D eigenvalue weighted by molar-refractivity contribution is 7.22. The minimum Gasteiger partial charge on any atom is -0.374 e. The quantitative estimate of drug-likeness (QED) is 0.188. The summed E-state index contributed by atoms with van der Waals surface area (Å²) in [6, 6.07) is 15.6. The lowest BCUT2D eigenvalue weighted by atomic mass is 9.93. The van der Waals surface area contributed by atoms with E-state index in [0.717, 1.165) is 35.6 Å². The number of hydrogen-bond donors (Lipinski definition) is 1. The molecular weight excluding hydrogens is 478 g/mol. The summed E-state index contributed by atoms with van der Waals surface area (Å²) in [5.41, 5.74) is 7.09. The van der Waals surface area contributed by atoms with Crippen molar-refractivity contribution in [1.82, 2.24) is 15.0 Å². The number of ether oxygens (including phenoxy) is 1. The van der Waals surface area contributed by atoms with E-state index in [1.54, 1.807) is 16.3 Å². The van der Waals surface area contributed by atoms with E-state index in [0.29, 0.717) is 19.0 Å². The lowest BCUT2D eigenvalue weighted by molar-refractivity contribution is 0.112. The summed E-state index contributed by atoms with van der Waals surface area (Å²) in [4.78, 5) is 10.5. The normalized spacial score (nSPS) is 15.5. The molecule has 0 saturated carbocycles. The third-order valence-corrected chi connectivity index (χ3v) is 7.84.